The highest BCUT2D eigenvalue weighted by atomic mass is 19.4. The van der Waals surface area contributed by atoms with E-state index in [0.29, 0.717) is 24.3 Å². The van der Waals surface area contributed by atoms with Crippen molar-refractivity contribution in [1.29, 1.82) is 0 Å². The van der Waals surface area contributed by atoms with Crippen LogP contribution in [0.5, 0.6) is 0 Å². The van der Waals surface area contributed by atoms with Gasteiger partial charge in [-0.05, 0) is 61.1 Å². The summed E-state index contributed by atoms with van der Waals surface area (Å²) in [5.74, 6) is -0.105. The van der Waals surface area contributed by atoms with E-state index in [1.807, 2.05) is 29.3 Å². The van der Waals surface area contributed by atoms with E-state index in [9.17, 15) is 18.0 Å². The van der Waals surface area contributed by atoms with Gasteiger partial charge in [0, 0.05) is 42.1 Å². The lowest BCUT2D eigenvalue weighted by Crippen LogP contribution is -2.31. The number of benzene rings is 1. The molecule has 1 fully saturated rings. The summed E-state index contributed by atoms with van der Waals surface area (Å²) in [6.45, 7) is 1.30. The van der Waals surface area contributed by atoms with Gasteiger partial charge in [0.05, 0.1) is 0 Å². The number of fused-ring (bicyclic) bond motifs is 1. The predicted molar refractivity (Wildman–Crippen MR) is 111 cm³/mol. The molecule has 1 aliphatic rings. The molecule has 30 heavy (non-hydrogen) atoms. The molecule has 1 aromatic carbocycles. The molecule has 1 aliphatic heterocycles. The third-order valence-electron chi connectivity index (χ3n) is 5.09. The van der Waals surface area contributed by atoms with E-state index in [4.69, 9.17) is 0 Å². The minimum Gasteiger partial charge on any atom is -0.361 e. The Kier molecular flexibility index (Phi) is 5.48. The lowest BCUT2D eigenvalue weighted by Gasteiger charge is -2.29. The molecule has 0 aliphatic carbocycles. The molecule has 0 unspecified atom stereocenters. The number of halogens is 3. The van der Waals surface area contributed by atoms with Crippen molar-refractivity contribution < 1.29 is 18.0 Å². The van der Waals surface area contributed by atoms with E-state index in [0.717, 1.165) is 36.2 Å². The molecular formula is C22H21F3N4O. The Morgan fingerprint density at radius 2 is 1.90 bits per heavy atom. The summed E-state index contributed by atoms with van der Waals surface area (Å²) in [5, 5.41) is 3.80. The van der Waals surface area contributed by atoms with Gasteiger partial charge >= 0.3 is 6.18 Å². The van der Waals surface area contributed by atoms with E-state index >= 15 is 0 Å². The Balaban J connectivity index is 1.55. The highest BCUT2D eigenvalue weighted by Gasteiger charge is 2.33. The van der Waals surface area contributed by atoms with Crippen LogP contribution in [-0.2, 0) is 11.0 Å². The zero-order valence-corrected chi connectivity index (χ0v) is 16.2. The normalized spacial score (nSPS) is 15.1. The smallest absolute Gasteiger partial charge is 0.361 e. The molecule has 4 rings (SSSR count). The lowest BCUT2D eigenvalue weighted by molar-refractivity contribution is -0.141. The van der Waals surface area contributed by atoms with Crippen LogP contribution in [0.4, 0.5) is 24.7 Å². The molecule has 0 atom stereocenters. The van der Waals surface area contributed by atoms with Gasteiger partial charge in [0.15, 0.2) is 0 Å². The van der Waals surface area contributed by atoms with E-state index in [-0.39, 0.29) is 11.7 Å². The Morgan fingerprint density at radius 3 is 2.67 bits per heavy atom. The van der Waals surface area contributed by atoms with Crippen LogP contribution in [0.25, 0.3) is 17.0 Å². The van der Waals surface area contributed by atoms with Gasteiger partial charge in [-0.25, -0.2) is 4.98 Å². The topological polar surface area (TPSA) is 61.0 Å². The second kappa shape index (κ2) is 8.22. The number of H-pyrrole nitrogens is 1. The third-order valence-corrected chi connectivity index (χ3v) is 5.09. The number of anilines is 2. The van der Waals surface area contributed by atoms with Gasteiger partial charge in [-0.3, -0.25) is 4.79 Å². The van der Waals surface area contributed by atoms with Crippen molar-refractivity contribution in [3.8, 4) is 0 Å². The average molecular weight is 414 g/mol. The number of aromatic amines is 1. The van der Waals surface area contributed by atoms with E-state index < -0.39 is 11.9 Å². The van der Waals surface area contributed by atoms with Gasteiger partial charge < -0.3 is 15.2 Å². The summed E-state index contributed by atoms with van der Waals surface area (Å²) in [4.78, 5) is 21.2. The molecule has 156 valence electrons. The summed E-state index contributed by atoms with van der Waals surface area (Å²) in [5.41, 5.74) is 1.08. The van der Waals surface area contributed by atoms with E-state index in [2.05, 4.69) is 15.3 Å². The van der Waals surface area contributed by atoms with Gasteiger partial charge in [0.2, 0.25) is 5.91 Å². The van der Waals surface area contributed by atoms with Crippen LogP contribution < -0.4 is 10.2 Å². The fraction of sp³-hybridized carbons (Fsp3) is 0.273. The van der Waals surface area contributed by atoms with Crippen molar-refractivity contribution in [3.63, 3.8) is 0 Å². The van der Waals surface area contributed by atoms with Crippen LogP contribution in [-0.4, -0.2) is 29.0 Å². The average Bonchev–Trinajstić information content (AvgIpc) is 3.20. The lowest BCUT2D eigenvalue weighted by atomic mass is 10.1. The number of hydrogen-bond acceptors (Lipinski definition) is 3. The molecule has 3 heterocycles. The maximum absolute atomic E-state index is 13.1. The molecule has 2 N–H and O–H groups in total. The number of rotatable bonds is 4. The van der Waals surface area contributed by atoms with Gasteiger partial charge in [0.1, 0.15) is 11.5 Å². The van der Waals surface area contributed by atoms with Crippen LogP contribution in [0.2, 0.25) is 0 Å². The van der Waals surface area contributed by atoms with Gasteiger partial charge in [-0.1, -0.05) is 6.07 Å². The van der Waals surface area contributed by atoms with Crippen LogP contribution in [0.15, 0.2) is 48.7 Å². The number of aromatic nitrogens is 2. The van der Waals surface area contributed by atoms with Crippen molar-refractivity contribution >= 4 is 34.4 Å². The predicted octanol–water partition coefficient (Wildman–Crippen LogP) is 5.22. The van der Waals surface area contributed by atoms with E-state index in [1.54, 1.807) is 6.07 Å². The highest BCUT2D eigenvalue weighted by Crippen LogP contribution is 2.32. The first-order valence-corrected chi connectivity index (χ1v) is 9.79. The first-order valence-electron chi connectivity index (χ1n) is 9.79. The highest BCUT2D eigenvalue weighted by molar-refractivity contribution is 6.03. The maximum atomic E-state index is 13.1. The van der Waals surface area contributed by atoms with Crippen LogP contribution >= 0.6 is 0 Å². The zero-order valence-electron chi connectivity index (χ0n) is 16.2. The van der Waals surface area contributed by atoms with Gasteiger partial charge in [-0.15, -0.1) is 0 Å². The number of nitrogens with zero attached hydrogens (tertiary/aromatic N) is 2. The number of alkyl halides is 3. The molecule has 0 spiro atoms. The fourth-order valence-electron chi connectivity index (χ4n) is 3.58. The molecule has 1 saturated heterocycles. The van der Waals surface area contributed by atoms with Crippen molar-refractivity contribution in [3.05, 3.63) is 59.9 Å². The summed E-state index contributed by atoms with van der Waals surface area (Å²) in [6, 6.07) is 9.75. The van der Waals surface area contributed by atoms with Crippen LogP contribution in [0, 0.1) is 0 Å². The number of nitrogens with one attached hydrogen (secondary N) is 2. The van der Waals surface area contributed by atoms with E-state index in [1.165, 1.54) is 18.2 Å². The summed E-state index contributed by atoms with van der Waals surface area (Å²) in [6.07, 6.45) is 2.99. The SMILES string of the molecule is O=C(/C=C/c1ccc(C(F)(F)F)nc1N1CCCCC1)Nc1ccc2cc[nH]c2c1. The van der Waals surface area contributed by atoms with Crippen molar-refractivity contribution in [2.75, 3.05) is 23.3 Å². The van der Waals surface area contributed by atoms with Crippen molar-refractivity contribution in [2.45, 2.75) is 25.4 Å². The van der Waals surface area contributed by atoms with Crippen LogP contribution in [0.1, 0.15) is 30.5 Å². The first-order chi connectivity index (χ1) is 14.4. The minimum atomic E-state index is -4.51. The molecule has 8 heteroatoms. The molecule has 0 bridgehead atoms. The largest absolute Gasteiger partial charge is 0.433 e. The van der Waals surface area contributed by atoms with Crippen molar-refractivity contribution in [2.24, 2.45) is 0 Å². The Morgan fingerprint density at radius 1 is 1.10 bits per heavy atom. The molecule has 0 radical (unpaired) electrons. The summed E-state index contributed by atoms with van der Waals surface area (Å²) >= 11 is 0. The second-order valence-electron chi connectivity index (χ2n) is 7.26. The van der Waals surface area contributed by atoms with Gasteiger partial charge in [0.25, 0.3) is 0 Å². The number of carbonyl (C=O) groups is 1. The molecule has 0 saturated carbocycles. The maximum Gasteiger partial charge on any atom is 0.433 e. The van der Waals surface area contributed by atoms with Crippen molar-refractivity contribution in [1.82, 2.24) is 9.97 Å². The van der Waals surface area contributed by atoms with Crippen LogP contribution in [0.3, 0.4) is 0 Å². The Hall–Kier alpha value is -3.29. The molecule has 1 amide bonds. The number of pyridine rings is 1. The molecule has 2 aromatic heterocycles. The third kappa shape index (κ3) is 4.48. The summed E-state index contributed by atoms with van der Waals surface area (Å²) in [7, 11) is 0. The second-order valence-corrected chi connectivity index (χ2v) is 7.26. The Labute approximate surface area is 171 Å². The number of carbonyl (C=O) groups excluding carboxylic acids is 1. The quantitative estimate of drug-likeness (QED) is 0.575. The Bertz CT molecular complexity index is 1080. The molecule has 5 nitrogen and oxygen atoms in total. The molecule has 3 aromatic rings. The monoisotopic (exact) mass is 414 g/mol. The minimum absolute atomic E-state index is 0.265. The van der Waals surface area contributed by atoms with Gasteiger partial charge in [-0.2, -0.15) is 13.2 Å². The first kappa shape index (κ1) is 20.0. The molecular weight excluding hydrogens is 393 g/mol. The standard InChI is InChI=1S/C22H21F3N4O/c23-22(24,25)19-8-5-16(21(28-19)29-12-2-1-3-13-29)6-9-20(30)27-17-7-4-15-10-11-26-18(15)14-17/h4-11,14,26H,1-3,12-13H2,(H,27,30)/b9-6+. The number of hydrogen-bond donors (Lipinski definition) is 2. The zero-order chi connectivity index (χ0) is 21.1. The number of piperidine rings is 1. The fourth-order valence-corrected chi connectivity index (χ4v) is 3.58. The summed E-state index contributed by atoms with van der Waals surface area (Å²) < 4.78 is 39.4. The number of amides is 1.